The van der Waals surface area contributed by atoms with Gasteiger partial charge in [0, 0.05) is 31.3 Å². The van der Waals surface area contributed by atoms with Gasteiger partial charge >= 0.3 is 0 Å². The highest BCUT2D eigenvalue weighted by atomic mass is 16.5. The first kappa shape index (κ1) is 29.8. The van der Waals surface area contributed by atoms with Crippen molar-refractivity contribution in [3.63, 3.8) is 0 Å². The van der Waals surface area contributed by atoms with Crippen LogP contribution >= 0.6 is 0 Å². The first-order chi connectivity index (χ1) is 19.7. The van der Waals surface area contributed by atoms with Crippen LogP contribution in [0, 0.1) is 23.2 Å². The van der Waals surface area contributed by atoms with E-state index in [0.29, 0.717) is 52.5 Å². The maximum absolute atomic E-state index is 13.7. The normalized spacial score (nSPS) is 30.7. The molecule has 41 heavy (non-hydrogen) atoms. The summed E-state index contributed by atoms with van der Waals surface area (Å²) in [5.74, 6) is 1.12. The van der Waals surface area contributed by atoms with Crippen molar-refractivity contribution >= 4 is 11.8 Å². The van der Waals surface area contributed by atoms with Gasteiger partial charge in [0.05, 0.1) is 45.3 Å². The smallest absolute Gasteiger partial charge is 0.247 e. The molecule has 1 aromatic carbocycles. The van der Waals surface area contributed by atoms with E-state index in [0.717, 1.165) is 19.3 Å². The minimum atomic E-state index is -1.12. The van der Waals surface area contributed by atoms with Gasteiger partial charge in [-0.1, -0.05) is 13.8 Å². The summed E-state index contributed by atoms with van der Waals surface area (Å²) in [6.07, 6.45) is 3.20. The van der Waals surface area contributed by atoms with Gasteiger partial charge in [0.2, 0.25) is 11.8 Å². The van der Waals surface area contributed by atoms with Crippen molar-refractivity contribution in [2.75, 3.05) is 40.5 Å². The third-order valence-electron chi connectivity index (χ3n) is 10.1. The average molecular weight is 573 g/mol. The Bertz CT molecular complexity index is 1180. The topological polar surface area (TPSA) is 138 Å². The van der Waals surface area contributed by atoms with Crippen molar-refractivity contribution in [2.45, 2.75) is 70.3 Å². The number of carbonyl (C=O) groups is 2. The first-order valence-electron chi connectivity index (χ1n) is 14.7. The van der Waals surface area contributed by atoms with Crippen LogP contribution < -0.4 is 14.8 Å². The Morgan fingerprint density at radius 3 is 2.61 bits per heavy atom. The number of ether oxygens (including phenoxy) is 3. The molecule has 2 bridgehead atoms. The first-order valence-corrected chi connectivity index (χ1v) is 14.7. The van der Waals surface area contributed by atoms with Gasteiger partial charge in [-0.3, -0.25) is 9.59 Å². The van der Waals surface area contributed by atoms with E-state index >= 15 is 0 Å². The minimum Gasteiger partial charge on any atom is -0.493 e. The predicted octanol–water partition coefficient (Wildman–Crippen LogP) is 1.75. The molecule has 1 aliphatic heterocycles. The van der Waals surface area contributed by atoms with Gasteiger partial charge < -0.3 is 39.7 Å². The van der Waals surface area contributed by atoms with Crippen LogP contribution in [0.4, 0.5) is 0 Å². The largest absolute Gasteiger partial charge is 0.493 e. The molecule has 10 heteroatoms. The molecule has 0 aromatic heterocycles. The molecule has 0 radical (unpaired) electrons. The highest BCUT2D eigenvalue weighted by Crippen LogP contribution is 2.61. The Kier molecular flexibility index (Phi) is 8.66. The third-order valence-corrected chi connectivity index (χ3v) is 10.1. The summed E-state index contributed by atoms with van der Waals surface area (Å²) in [6, 6.07) is 2.64. The van der Waals surface area contributed by atoms with Crippen LogP contribution in [-0.2, 0) is 20.9 Å². The Labute approximate surface area is 241 Å². The quantitative estimate of drug-likeness (QED) is 0.315. The van der Waals surface area contributed by atoms with Crippen LogP contribution in [0.2, 0.25) is 0 Å². The number of rotatable bonds is 11. The van der Waals surface area contributed by atoms with Crippen LogP contribution in [0.3, 0.4) is 0 Å². The summed E-state index contributed by atoms with van der Waals surface area (Å²) in [7, 11) is 3.05. The van der Waals surface area contributed by atoms with E-state index in [-0.39, 0.29) is 44.1 Å². The van der Waals surface area contributed by atoms with Crippen LogP contribution in [0.25, 0.3) is 0 Å². The fourth-order valence-electron chi connectivity index (χ4n) is 7.78. The van der Waals surface area contributed by atoms with Crippen molar-refractivity contribution < 1.29 is 39.1 Å². The molecule has 0 spiro atoms. The summed E-state index contributed by atoms with van der Waals surface area (Å²) < 4.78 is 17.1. The molecule has 10 nitrogen and oxygen atoms in total. The van der Waals surface area contributed by atoms with Gasteiger partial charge in [0.1, 0.15) is 12.2 Å². The molecule has 3 saturated carbocycles. The zero-order chi connectivity index (χ0) is 29.5. The lowest BCUT2D eigenvalue weighted by Crippen LogP contribution is -2.59. The van der Waals surface area contributed by atoms with E-state index in [1.54, 1.807) is 30.2 Å². The molecule has 4 N–H and O–H groups in total. The number of hydrogen-bond donors (Lipinski definition) is 4. The number of hydrogen-bond acceptors (Lipinski definition) is 8. The number of aliphatic hydroxyl groups excluding tert-OH is 3. The lowest BCUT2D eigenvalue weighted by atomic mass is 9.45. The van der Waals surface area contributed by atoms with Gasteiger partial charge in [0.15, 0.2) is 11.5 Å². The molecular weight excluding hydrogens is 528 g/mol. The van der Waals surface area contributed by atoms with E-state index < -0.39 is 30.1 Å². The highest BCUT2D eigenvalue weighted by molar-refractivity contribution is 5.96. The molecule has 6 rings (SSSR count). The summed E-state index contributed by atoms with van der Waals surface area (Å²) in [5, 5.41) is 33.9. The van der Waals surface area contributed by atoms with Crippen molar-refractivity contribution in [1.82, 2.24) is 10.2 Å². The van der Waals surface area contributed by atoms with Crippen molar-refractivity contribution in [1.29, 1.82) is 0 Å². The maximum Gasteiger partial charge on any atom is 0.247 e. The summed E-state index contributed by atoms with van der Waals surface area (Å²) in [4.78, 5) is 29.0. The van der Waals surface area contributed by atoms with Gasteiger partial charge in [-0.15, -0.1) is 0 Å². The second kappa shape index (κ2) is 11.9. The number of carbonyl (C=O) groups excluding carboxylic acids is 2. The van der Waals surface area contributed by atoms with Crippen LogP contribution in [-0.4, -0.2) is 90.8 Å². The highest BCUT2D eigenvalue weighted by Gasteiger charge is 2.56. The Morgan fingerprint density at radius 1 is 1.20 bits per heavy atom. The number of fused-ring (bicyclic) bond motifs is 5. The van der Waals surface area contributed by atoms with Gasteiger partial charge in [-0.25, -0.2) is 0 Å². The Balaban J connectivity index is 1.54. The Hall–Kier alpha value is -2.66. The van der Waals surface area contributed by atoms with Crippen molar-refractivity contribution in [2.24, 2.45) is 23.2 Å². The monoisotopic (exact) mass is 572 g/mol. The maximum atomic E-state index is 13.7. The lowest BCUT2D eigenvalue weighted by Gasteiger charge is -2.61. The molecular formula is C31H44N2O8. The van der Waals surface area contributed by atoms with Crippen LogP contribution in [0.15, 0.2) is 23.8 Å². The average Bonchev–Trinajstić information content (AvgIpc) is 3.37. The number of methoxy groups -OCH3 is 2. The number of benzene rings is 1. The number of amides is 2. The second-order valence-corrected chi connectivity index (χ2v) is 12.5. The fraction of sp³-hybridized carbons (Fsp3) is 0.677. The van der Waals surface area contributed by atoms with Crippen LogP contribution in [0.1, 0.15) is 56.6 Å². The predicted molar refractivity (Wildman–Crippen MR) is 150 cm³/mol. The number of nitrogens with zero attached hydrogens (tertiary/aromatic N) is 1. The van der Waals surface area contributed by atoms with E-state index in [2.05, 4.69) is 19.2 Å². The standard InChI is InChI=1S/C31H44N2O8/c1-31(2)19-6-5-18(22(31)13-19)15-33(25(36)7-10-39-3)23-14-21(30(38)32-8-9-34)26-20-11-17(16-35)12-24(40-4)28(20)41-29(26)27(23)37/h11-12,14,18-19,22-23,26-27,29,34-35,37H,5-10,13,15-16H2,1-4H3,(H,32,38). The summed E-state index contributed by atoms with van der Waals surface area (Å²) in [5.41, 5.74) is 1.80. The zero-order valence-electron chi connectivity index (χ0n) is 24.5. The minimum absolute atomic E-state index is 0.0605. The fourth-order valence-corrected chi connectivity index (χ4v) is 7.78. The molecule has 7 atom stereocenters. The zero-order valence-corrected chi connectivity index (χ0v) is 24.5. The lowest BCUT2D eigenvalue weighted by molar-refractivity contribution is -0.147. The molecule has 4 aliphatic carbocycles. The molecule has 3 fully saturated rings. The summed E-state index contributed by atoms with van der Waals surface area (Å²) in [6.45, 7) is 4.97. The van der Waals surface area contributed by atoms with Gasteiger partial charge in [-0.05, 0) is 66.2 Å². The van der Waals surface area contributed by atoms with E-state index in [1.165, 1.54) is 7.11 Å². The third kappa shape index (κ3) is 5.24. The van der Waals surface area contributed by atoms with Crippen LogP contribution in [0.5, 0.6) is 11.5 Å². The van der Waals surface area contributed by atoms with E-state index in [9.17, 15) is 24.9 Å². The van der Waals surface area contributed by atoms with Crippen molar-refractivity contribution in [3.05, 3.63) is 34.9 Å². The van der Waals surface area contributed by atoms with Gasteiger partial charge in [0.25, 0.3) is 0 Å². The molecule has 1 heterocycles. The Morgan fingerprint density at radius 2 is 1.98 bits per heavy atom. The SMILES string of the molecule is COCCC(=O)N(CC1CCC2CC1C2(C)C)C1C=C(C(=O)NCCO)C2c3cc(CO)cc(OC)c3OC2C1O. The number of nitrogens with one attached hydrogen (secondary N) is 1. The molecule has 7 unspecified atom stereocenters. The molecule has 1 aromatic rings. The van der Waals surface area contributed by atoms with E-state index in [1.807, 2.05) is 0 Å². The van der Waals surface area contributed by atoms with E-state index in [4.69, 9.17) is 14.2 Å². The molecule has 2 amide bonds. The molecule has 5 aliphatic rings. The summed E-state index contributed by atoms with van der Waals surface area (Å²) >= 11 is 0. The molecule has 0 saturated heterocycles. The molecule has 226 valence electrons. The van der Waals surface area contributed by atoms with Gasteiger partial charge in [-0.2, -0.15) is 0 Å². The second-order valence-electron chi connectivity index (χ2n) is 12.5. The number of aliphatic hydroxyl groups is 3. The van der Waals surface area contributed by atoms with Crippen molar-refractivity contribution in [3.8, 4) is 11.5 Å².